The summed E-state index contributed by atoms with van der Waals surface area (Å²) in [4.78, 5) is 46.2. The highest BCUT2D eigenvalue weighted by Crippen LogP contribution is 2.30. The average Bonchev–Trinajstić information content (AvgIpc) is 3.15. The van der Waals surface area contributed by atoms with Crippen LogP contribution in [0.1, 0.15) is 15.2 Å². The Balaban J connectivity index is 1.60. The number of ether oxygens (including phenoxy) is 1. The number of carbonyl (C=O) groups is 1. The Labute approximate surface area is 190 Å². The van der Waals surface area contributed by atoms with E-state index in [1.54, 1.807) is 55.5 Å². The van der Waals surface area contributed by atoms with Crippen LogP contribution in [0.25, 0.3) is 32.6 Å². The summed E-state index contributed by atoms with van der Waals surface area (Å²) in [6.45, 7) is 1.69. The van der Waals surface area contributed by atoms with Gasteiger partial charge in [-0.25, -0.2) is 9.78 Å². The molecule has 0 radical (unpaired) electrons. The number of anilines is 1. The third-order valence-corrected chi connectivity index (χ3v) is 6.44. The van der Waals surface area contributed by atoms with Crippen LogP contribution >= 0.6 is 11.3 Å². The number of hydrogen-bond donors (Lipinski definition) is 2. The number of fused-ring (bicyclic) bond motifs is 2. The van der Waals surface area contributed by atoms with E-state index in [1.165, 1.54) is 7.11 Å². The summed E-state index contributed by atoms with van der Waals surface area (Å²) in [5.41, 5.74) is 0.549. The first-order chi connectivity index (χ1) is 16.0. The van der Waals surface area contributed by atoms with Gasteiger partial charge in [0.15, 0.2) is 0 Å². The smallest absolute Gasteiger partial charge is 0.347 e. The Morgan fingerprint density at radius 3 is 2.70 bits per heavy atom. The number of benzene rings is 2. The fourth-order valence-electron chi connectivity index (χ4n) is 3.64. The lowest BCUT2D eigenvalue weighted by molar-refractivity contribution is 0.102. The van der Waals surface area contributed by atoms with Gasteiger partial charge in [-0.15, -0.1) is 11.3 Å². The van der Waals surface area contributed by atoms with Gasteiger partial charge in [0.1, 0.15) is 27.6 Å². The number of rotatable bonds is 4. The third-order valence-electron chi connectivity index (χ3n) is 5.26. The standard InChI is InChI=1S/C24H17N3O5S/c1-12-18-21(28)26-20(14-11-13-7-3-5-9-16(13)32-24(14)30)27-23(18)33-19(12)22(29)25-15-8-4-6-10-17(15)31-2/h3-11H,1-2H3,(H,25,29)(H,26,27,28). The molecule has 3 heterocycles. The number of nitrogens with zero attached hydrogens (tertiary/aromatic N) is 1. The molecule has 164 valence electrons. The van der Waals surface area contributed by atoms with Crippen molar-refractivity contribution in [1.29, 1.82) is 0 Å². The lowest BCUT2D eigenvalue weighted by Crippen LogP contribution is -2.14. The maximum atomic E-state index is 13.0. The van der Waals surface area contributed by atoms with E-state index in [1.807, 2.05) is 6.07 Å². The van der Waals surface area contributed by atoms with Gasteiger partial charge in [-0.2, -0.15) is 0 Å². The molecule has 33 heavy (non-hydrogen) atoms. The first-order valence-electron chi connectivity index (χ1n) is 9.97. The number of carbonyl (C=O) groups excluding carboxylic acids is 1. The highest BCUT2D eigenvalue weighted by Gasteiger charge is 2.21. The van der Waals surface area contributed by atoms with Crippen LogP contribution in [0.2, 0.25) is 0 Å². The van der Waals surface area contributed by atoms with Crippen LogP contribution in [0, 0.1) is 6.92 Å². The van der Waals surface area contributed by atoms with Crippen LogP contribution in [-0.2, 0) is 0 Å². The molecule has 0 aliphatic rings. The molecule has 0 unspecified atom stereocenters. The van der Waals surface area contributed by atoms with Gasteiger partial charge in [0.05, 0.1) is 23.1 Å². The first kappa shape index (κ1) is 20.7. The number of H-pyrrole nitrogens is 1. The quantitative estimate of drug-likeness (QED) is 0.387. The fourth-order valence-corrected chi connectivity index (χ4v) is 4.72. The zero-order valence-electron chi connectivity index (χ0n) is 17.6. The van der Waals surface area contributed by atoms with E-state index in [2.05, 4.69) is 15.3 Å². The van der Waals surface area contributed by atoms with Crippen LogP contribution in [0.4, 0.5) is 5.69 Å². The van der Waals surface area contributed by atoms with Gasteiger partial charge < -0.3 is 19.5 Å². The molecule has 0 aliphatic carbocycles. The van der Waals surface area contributed by atoms with Gasteiger partial charge in [0.2, 0.25) is 0 Å². The monoisotopic (exact) mass is 459 g/mol. The lowest BCUT2D eigenvalue weighted by Gasteiger charge is -2.09. The number of amides is 1. The second kappa shape index (κ2) is 8.03. The van der Waals surface area contributed by atoms with Gasteiger partial charge in [0.25, 0.3) is 11.5 Å². The van der Waals surface area contributed by atoms with E-state index in [0.717, 1.165) is 11.3 Å². The van der Waals surface area contributed by atoms with Crippen molar-refractivity contribution in [3.8, 4) is 17.1 Å². The second-order valence-corrected chi connectivity index (χ2v) is 8.29. The molecule has 0 saturated heterocycles. The van der Waals surface area contributed by atoms with Crippen molar-refractivity contribution in [2.24, 2.45) is 0 Å². The minimum absolute atomic E-state index is 0.0879. The molecule has 0 bridgehead atoms. The number of para-hydroxylation sites is 3. The Morgan fingerprint density at radius 2 is 1.88 bits per heavy atom. The molecule has 8 nitrogen and oxygen atoms in total. The number of aryl methyl sites for hydroxylation is 1. The summed E-state index contributed by atoms with van der Waals surface area (Å²) >= 11 is 1.08. The Hall–Kier alpha value is -4.24. The summed E-state index contributed by atoms with van der Waals surface area (Å²) in [5.74, 6) is 0.224. The van der Waals surface area contributed by atoms with E-state index in [0.29, 0.717) is 43.1 Å². The fraction of sp³-hybridized carbons (Fsp3) is 0.0833. The van der Waals surface area contributed by atoms with Crippen molar-refractivity contribution in [1.82, 2.24) is 9.97 Å². The zero-order valence-corrected chi connectivity index (χ0v) is 18.4. The minimum atomic E-state index is -0.612. The number of aromatic amines is 1. The van der Waals surface area contributed by atoms with Gasteiger partial charge in [-0.05, 0) is 36.8 Å². The van der Waals surface area contributed by atoms with Crippen LogP contribution in [0.5, 0.6) is 5.75 Å². The van der Waals surface area contributed by atoms with E-state index in [9.17, 15) is 14.4 Å². The number of nitrogens with one attached hydrogen (secondary N) is 2. The van der Waals surface area contributed by atoms with Gasteiger partial charge in [0, 0.05) is 5.39 Å². The normalized spacial score (nSPS) is 11.1. The molecular formula is C24H17N3O5S. The van der Waals surface area contributed by atoms with Crippen LogP contribution in [0.3, 0.4) is 0 Å². The molecular weight excluding hydrogens is 442 g/mol. The van der Waals surface area contributed by atoms with Crippen LogP contribution < -0.4 is 21.2 Å². The van der Waals surface area contributed by atoms with Crippen LogP contribution in [-0.4, -0.2) is 23.0 Å². The highest BCUT2D eigenvalue weighted by atomic mass is 32.1. The number of methoxy groups -OCH3 is 1. The summed E-state index contributed by atoms with van der Waals surface area (Å²) < 4.78 is 10.6. The molecule has 0 spiro atoms. The average molecular weight is 459 g/mol. The topological polar surface area (TPSA) is 114 Å². The van der Waals surface area contributed by atoms with Crippen molar-refractivity contribution < 1.29 is 13.9 Å². The Bertz CT molecular complexity index is 1660. The van der Waals surface area contributed by atoms with Crippen molar-refractivity contribution in [3.05, 3.63) is 85.8 Å². The van der Waals surface area contributed by atoms with Gasteiger partial charge >= 0.3 is 5.63 Å². The van der Waals surface area contributed by atoms with E-state index in [-0.39, 0.29) is 17.3 Å². The maximum absolute atomic E-state index is 13.0. The van der Waals surface area contributed by atoms with E-state index >= 15 is 0 Å². The molecule has 0 atom stereocenters. The van der Waals surface area contributed by atoms with Crippen molar-refractivity contribution in [3.63, 3.8) is 0 Å². The maximum Gasteiger partial charge on any atom is 0.347 e. The molecule has 9 heteroatoms. The Kier molecular flexibility index (Phi) is 5.02. The molecule has 0 aliphatic heterocycles. The predicted octanol–water partition coefficient (Wildman–Crippen LogP) is 4.33. The van der Waals surface area contributed by atoms with Crippen molar-refractivity contribution in [2.75, 3.05) is 12.4 Å². The van der Waals surface area contributed by atoms with E-state index < -0.39 is 11.2 Å². The molecule has 1 amide bonds. The van der Waals surface area contributed by atoms with Crippen molar-refractivity contribution >= 4 is 44.1 Å². The Morgan fingerprint density at radius 1 is 1.12 bits per heavy atom. The highest BCUT2D eigenvalue weighted by molar-refractivity contribution is 7.20. The SMILES string of the molecule is COc1ccccc1NC(=O)c1sc2nc(-c3cc4ccccc4oc3=O)[nH]c(=O)c2c1C. The third kappa shape index (κ3) is 3.58. The lowest BCUT2D eigenvalue weighted by atomic mass is 10.1. The summed E-state index contributed by atoms with van der Waals surface area (Å²) in [5, 5.41) is 3.82. The molecule has 2 aromatic carbocycles. The number of hydrogen-bond acceptors (Lipinski definition) is 7. The largest absolute Gasteiger partial charge is 0.495 e. The number of aromatic nitrogens is 2. The summed E-state index contributed by atoms with van der Waals surface area (Å²) in [6.07, 6.45) is 0. The minimum Gasteiger partial charge on any atom is -0.495 e. The van der Waals surface area contributed by atoms with Gasteiger partial charge in [-0.3, -0.25) is 9.59 Å². The molecule has 5 rings (SSSR count). The van der Waals surface area contributed by atoms with Gasteiger partial charge in [-0.1, -0.05) is 30.3 Å². The first-order valence-corrected chi connectivity index (χ1v) is 10.8. The predicted molar refractivity (Wildman–Crippen MR) is 127 cm³/mol. The molecule has 3 aromatic heterocycles. The molecule has 2 N–H and O–H groups in total. The summed E-state index contributed by atoms with van der Waals surface area (Å²) in [7, 11) is 1.52. The number of thiophene rings is 1. The van der Waals surface area contributed by atoms with Crippen LogP contribution in [0.15, 0.2) is 68.6 Å². The zero-order chi connectivity index (χ0) is 23.1. The second-order valence-electron chi connectivity index (χ2n) is 7.29. The molecule has 0 fully saturated rings. The summed E-state index contributed by atoms with van der Waals surface area (Å²) in [6, 6.07) is 15.7. The molecule has 5 aromatic rings. The van der Waals surface area contributed by atoms with E-state index in [4.69, 9.17) is 9.15 Å². The molecule has 0 saturated carbocycles. The van der Waals surface area contributed by atoms with Crippen molar-refractivity contribution in [2.45, 2.75) is 6.92 Å².